The molecule has 2 amide bonds. The number of carbonyl (C=O) groups is 2. The van der Waals surface area contributed by atoms with Crippen LogP contribution < -0.4 is 5.43 Å². The SMILES string of the molecule is Cc1cc(C)cc(C(=O)N(NC(=O)c2c(C)cccc2C)C(C)(C)C)c1. The Morgan fingerprint density at radius 3 is 1.85 bits per heavy atom. The highest BCUT2D eigenvalue weighted by molar-refractivity contribution is 6.01. The van der Waals surface area contributed by atoms with Crippen molar-refractivity contribution in [2.45, 2.75) is 54.0 Å². The van der Waals surface area contributed by atoms with Gasteiger partial charge in [0.1, 0.15) is 0 Å². The Labute approximate surface area is 156 Å². The van der Waals surface area contributed by atoms with E-state index in [4.69, 9.17) is 0 Å². The molecule has 1 N–H and O–H groups in total. The van der Waals surface area contributed by atoms with Crippen LogP contribution in [0.1, 0.15) is 63.7 Å². The molecule has 0 aliphatic carbocycles. The van der Waals surface area contributed by atoms with Gasteiger partial charge in [0, 0.05) is 11.1 Å². The van der Waals surface area contributed by atoms with Gasteiger partial charge >= 0.3 is 0 Å². The quantitative estimate of drug-likeness (QED) is 0.809. The van der Waals surface area contributed by atoms with Gasteiger partial charge in [0.25, 0.3) is 11.8 Å². The first-order valence-electron chi connectivity index (χ1n) is 8.81. The van der Waals surface area contributed by atoms with Crippen molar-refractivity contribution in [3.05, 3.63) is 69.8 Å². The van der Waals surface area contributed by atoms with E-state index < -0.39 is 5.54 Å². The van der Waals surface area contributed by atoms with Gasteiger partial charge in [-0.15, -0.1) is 0 Å². The molecule has 2 aromatic carbocycles. The maximum atomic E-state index is 13.1. The Kier molecular flexibility index (Phi) is 5.55. The van der Waals surface area contributed by atoms with Gasteiger partial charge in [0.05, 0.1) is 5.54 Å². The second-order valence-electron chi connectivity index (χ2n) is 7.90. The lowest BCUT2D eigenvalue weighted by atomic mass is 10.0. The molecule has 4 nitrogen and oxygen atoms in total. The van der Waals surface area contributed by atoms with E-state index in [0.29, 0.717) is 11.1 Å². The minimum Gasteiger partial charge on any atom is -0.267 e. The van der Waals surface area contributed by atoms with E-state index in [1.165, 1.54) is 5.01 Å². The molecule has 0 spiro atoms. The fourth-order valence-electron chi connectivity index (χ4n) is 3.08. The molecule has 138 valence electrons. The number of aryl methyl sites for hydroxylation is 4. The molecule has 0 saturated carbocycles. The van der Waals surface area contributed by atoms with Gasteiger partial charge in [-0.05, 0) is 71.7 Å². The standard InChI is InChI=1S/C22H28N2O2/c1-14-11-15(2)13-18(12-14)21(26)24(22(5,6)7)23-20(25)19-16(3)9-8-10-17(19)4/h8-13H,1-7H3,(H,23,25). The van der Waals surface area contributed by atoms with Crippen LogP contribution in [0.3, 0.4) is 0 Å². The predicted octanol–water partition coefficient (Wildman–Crippen LogP) is 4.51. The summed E-state index contributed by atoms with van der Waals surface area (Å²) in [4.78, 5) is 26.1. The lowest BCUT2D eigenvalue weighted by Crippen LogP contribution is -2.56. The fraction of sp³-hybridized carbons (Fsp3) is 0.364. The predicted molar refractivity (Wildman–Crippen MR) is 105 cm³/mol. The summed E-state index contributed by atoms with van der Waals surface area (Å²) in [6.45, 7) is 13.4. The molecule has 0 atom stereocenters. The molecule has 2 aromatic rings. The number of benzene rings is 2. The Balaban J connectivity index is 2.40. The average Bonchev–Trinajstić information content (AvgIpc) is 2.49. The highest BCUT2D eigenvalue weighted by atomic mass is 16.2. The van der Waals surface area contributed by atoms with E-state index in [0.717, 1.165) is 22.3 Å². The first-order chi connectivity index (χ1) is 12.0. The third kappa shape index (κ3) is 4.31. The Bertz CT molecular complexity index is 807. The number of nitrogens with one attached hydrogen (secondary N) is 1. The summed E-state index contributed by atoms with van der Waals surface area (Å²) in [5.41, 5.74) is 7.25. The van der Waals surface area contributed by atoms with Crippen LogP contribution in [0.25, 0.3) is 0 Å². The summed E-state index contributed by atoms with van der Waals surface area (Å²) in [6, 6.07) is 11.4. The number of hydrogen-bond donors (Lipinski definition) is 1. The number of carbonyl (C=O) groups excluding carboxylic acids is 2. The number of hydrazine groups is 1. The first-order valence-corrected chi connectivity index (χ1v) is 8.81. The zero-order valence-electron chi connectivity index (χ0n) is 16.7. The van der Waals surface area contributed by atoms with Gasteiger partial charge < -0.3 is 0 Å². The van der Waals surface area contributed by atoms with Crippen molar-refractivity contribution in [3.8, 4) is 0 Å². The summed E-state index contributed by atoms with van der Waals surface area (Å²) in [5, 5.41) is 1.43. The van der Waals surface area contributed by atoms with Crippen molar-refractivity contribution in [3.63, 3.8) is 0 Å². The second-order valence-corrected chi connectivity index (χ2v) is 7.90. The Hall–Kier alpha value is -2.62. The van der Waals surface area contributed by atoms with Crippen LogP contribution >= 0.6 is 0 Å². The van der Waals surface area contributed by atoms with Crippen molar-refractivity contribution in [2.24, 2.45) is 0 Å². The van der Waals surface area contributed by atoms with Crippen LogP contribution in [-0.2, 0) is 0 Å². The molecule has 2 rings (SSSR count). The average molecular weight is 352 g/mol. The summed E-state index contributed by atoms with van der Waals surface area (Å²) < 4.78 is 0. The van der Waals surface area contributed by atoms with Crippen LogP contribution in [0.15, 0.2) is 36.4 Å². The van der Waals surface area contributed by atoms with Gasteiger partial charge in [0.2, 0.25) is 0 Å². The lowest BCUT2D eigenvalue weighted by Gasteiger charge is -2.36. The molecule has 0 saturated heterocycles. The number of rotatable bonds is 2. The summed E-state index contributed by atoms with van der Waals surface area (Å²) >= 11 is 0. The van der Waals surface area contributed by atoms with E-state index in [2.05, 4.69) is 5.43 Å². The molecule has 0 unspecified atom stereocenters. The zero-order chi connectivity index (χ0) is 19.6. The molecular weight excluding hydrogens is 324 g/mol. The van der Waals surface area contributed by atoms with Crippen LogP contribution in [0, 0.1) is 27.7 Å². The summed E-state index contributed by atoms with van der Waals surface area (Å²) in [7, 11) is 0. The van der Waals surface area contributed by atoms with Crippen LogP contribution in [0.4, 0.5) is 0 Å². The van der Waals surface area contributed by atoms with Gasteiger partial charge in [-0.2, -0.15) is 0 Å². The molecule has 0 aromatic heterocycles. The minimum absolute atomic E-state index is 0.219. The van der Waals surface area contributed by atoms with Crippen molar-refractivity contribution in [1.29, 1.82) is 0 Å². The molecule has 0 aliphatic heterocycles. The summed E-state index contributed by atoms with van der Waals surface area (Å²) in [5.74, 6) is -0.489. The van der Waals surface area contributed by atoms with Crippen molar-refractivity contribution < 1.29 is 9.59 Å². The van der Waals surface area contributed by atoms with Gasteiger partial charge in [-0.1, -0.05) is 35.4 Å². The molecule has 0 heterocycles. The van der Waals surface area contributed by atoms with Crippen molar-refractivity contribution >= 4 is 11.8 Å². The normalized spacial score (nSPS) is 11.2. The number of amides is 2. The highest BCUT2D eigenvalue weighted by Crippen LogP contribution is 2.19. The van der Waals surface area contributed by atoms with E-state index in [1.807, 2.05) is 84.9 Å². The highest BCUT2D eigenvalue weighted by Gasteiger charge is 2.30. The third-order valence-corrected chi connectivity index (χ3v) is 4.26. The first kappa shape index (κ1) is 19.7. The van der Waals surface area contributed by atoms with Crippen molar-refractivity contribution in [1.82, 2.24) is 10.4 Å². The van der Waals surface area contributed by atoms with E-state index >= 15 is 0 Å². The van der Waals surface area contributed by atoms with E-state index in [-0.39, 0.29) is 11.8 Å². The van der Waals surface area contributed by atoms with Gasteiger partial charge in [-0.3, -0.25) is 15.0 Å². The molecule has 0 bridgehead atoms. The third-order valence-electron chi connectivity index (χ3n) is 4.26. The maximum Gasteiger partial charge on any atom is 0.272 e. The van der Waals surface area contributed by atoms with Crippen LogP contribution in [-0.4, -0.2) is 22.4 Å². The molecule has 4 heteroatoms. The fourth-order valence-corrected chi connectivity index (χ4v) is 3.08. The lowest BCUT2D eigenvalue weighted by molar-refractivity contribution is 0.0358. The molecule has 26 heavy (non-hydrogen) atoms. The number of nitrogens with zero attached hydrogens (tertiary/aromatic N) is 1. The second kappa shape index (κ2) is 7.32. The molecule has 0 fully saturated rings. The van der Waals surface area contributed by atoms with Crippen molar-refractivity contribution in [2.75, 3.05) is 0 Å². The van der Waals surface area contributed by atoms with Crippen LogP contribution in [0.5, 0.6) is 0 Å². The molecular formula is C22H28N2O2. The smallest absolute Gasteiger partial charge is 0.267 e. The van der Waals surface area contributed by atoms with E-state index in [9.17, 15) is 9.59 Å². The molecule has 0 radical (unpaired) electrons. The largest absolute Gasteiger partial charge is 0.272 e. The topological polar surface area (TPSA) is 49.4 Å². The Morgan fingerprint density at radius 1 is 0.885 bits per heavy atom. The zero-order valence-corrected chi connectivity index (χ0v) is 16.7. The molecule has 0 aliphatic rings. The van der Waals surface area contributed by atoms with Crippen LogP contribution in [0.2, 0.25) is 0 Å². The summed E-state index contributed by atoms with van der Waals surface area (Å²) in [6.07, 6.45) is 0. The minimum atomic E-state index is -0.568. The Morgan fingerprint density at radius 2 is 1.38 bits per heavy atom. The van der Waals surface area contributed by atoms with E-state index in [1.54, 1.807) is 0 Å². The maximum absolute atomic E-state index is 13.1. The van der Waals surface area contributed by atoms with Gasteiger partial charge in [0.15, 0.2) is 0 Å². The van der Waals surface area contributed by atoms with Gasteiger partial charge in [-0.25, -0.2) is 5.01 Å². The monoisotopic (exact) mass is 352 g/mol. The number of hydrogen-bond acceptors (Lipinski definition) is 2.